The van der Waals surface area contributed by atoms with Gasteiger partial charge in [0.15, 0.2) is 5.82 Å². The molecule has 1 fully saturated rings. The minimum atomic E-state index is -0.00583. The lowest BCUT2D eigenvalue weighted by molar-refractivity contribution is -0.135. The van der Waals surface area contributed by atoms with Crippen molar-refractivity contribution in [3.05, 3.63) is 30.5 Å². The molecule has 6 nitrogen and oxygen atoms in total. The normalized spacial score (nSPS) is 18.4. The number of hydrogen-bond acceptors (Lipinski definition) is 4. The van der Waals surface area contributed by atoms with Crippen molar-refractivity contribution in [1.82, 2.24) is 24.8 Å². The van der Waals surface area contributed by atoms with Crippen molar-refractivity contribution in [2.24, 2.45) is 5.92 Å². The molecule has 0 saturated carbocycles. The second-order valence-corrected chi connectivity index (χ2v) is 5.57. The van der Waals surface area contributed by atoms with E-state index in [4.69, 9.17) is 0 Å². The van der Waals surface area contributed by atoms with Gasteiger partial charge in [-0.3, -0.25) is 9.78 Å². The fourth-order valence-electron chi connectivity index (χ4n) is 2.82. The summed E-state index contributed by atoms with van der Waals surface area (Å²) in [5.41, 5.74) is 1.56. The summed E-state index contributed by atoms with van der Waals surface area (Å²) in [7, 11) is 0. The van der Waals surface area contributed by atoms with Gasteiger partial charge in [-0.2, -0.15) is 0 Å². The second kappa shape index (κ2) is 5.63. The maximum absolute atomic E-state index is 12.4. The van der Waals surface area contributed by atoms with Gasteiger partial charge < -0.3 is 9.88 Å². The van der Waals surface area contributed by atoms with Gasteiger partial charge in [0.2, 0.25) is 5.91 Å². The van der Waals surface area contributed by atoms with E-state index in [9.17, 15) is 4.79 Å². The van der Waals surface area contributed by atoms with Gasteiger partial charge in [0, 0.05) is 37.3 Å². The van der Waals surface area contributed by atoms with Crippen molar-refractivity contribution in [3.8, 4) is 11.5 Å². The molecule has 110 valence electrons. The number of aromatic nitrogens is 4. The van der Waals surface area contributed by atoms with Crippen LogP contribution >= 0.6 is 0 Å². The number of rotatable bonds is 3. The Balaban J connectivity index is 1.98. The molecule has 0 radical (unpaired) electrons. The summed E-state index contributed by atoms with van der Waals surface area (Å²) in [6, 6.07) is -0.00583. The van der Waals surface area contributed by atoms with Crippen molar-refractivity contribution in [3.63, 3.8) is 0 Å². The third kappa shape index (κ3) is 2.53. The zero-order valence-corrected chi connectivity index (χ0v) is 12.3. The molecule has 1 aliphatic rings. The molecule has 1 saturated heterocycles. The number of aromatic amines is 1. The third-order valence-electron chi connectivity index (χ3n) is 3.79. The van der Waals surface area contributed by atoms with Crippen LogP contribution in [0.2, 0.25) is 0 Å². The first kappa shape index (κ1) is 13.7. The lowest BCUT2D eigenvalue weighted by atomic mass is 10.1. The molecule has 3 rings (SSSR count). The number of imidazole rings is 1. The summed E-state index contributed by atoms with van der Waals surface area (Å²) >= 11 is 0. The Morgan fingerprint density at radius 3 is 2.81 bits per heavy atom. The Hall–Kier alpha value is -2.24. The Labute approximate surface area is 123 Å². The fraction of sp³-hybridized carbons (Fsp3) is 0.467. The lowest BCUT2D eigenvalue weighted by Gasteiger charge is -2.26. The monoisotopic (exact) mass is 285 g/mol. The Bertz CT molecular complexity index is 623. The van der Waals surface area contributed by atoms with E-state index < -0.39 is 0 Å². The van der Waals surface area contributed by atoms with Crippen LogP contribution in [-0.4, -0.2) is 37.3 Å². The minimum Gasteiger partial charge on any atom is -0.343 e. The van der Waals surface area contributed by atoms with Gasteiger partial charge in [0.1, 0.15) is 5.69 Å². The van der Waals surface area contributed by atoms with Crippen molar-refractivity contribution < 1.29 is 4.79 Å². The van der Waals surface area contributed by atoms with Gasteiger partial charge in [-0.1, -0.05) is 13.8 Å². The number of likely N-dealkylation sites (tertiary alicyclic amines) is 1. The molecule has 2 aromatic heterocycles. The first-order valence-corrected chi connectivity index (χ1v) is 7.29. The van der Waals surface area contributed by atoms with Crippen molar-refractivity contribution >= 4 is 5.91 Å². The SMILES string of the molecule is CC(C)C(=O)N1CCCC1c1nccnc1-c1ncc[nH]1. The maximum Gasteiger partial charge on any atom is 0.225 e. The third-order valence-corrected chi connectivity index (χ3v) is 3.79. The summed E-state index contributed by atoms with van der Waals surface area (Å²) in [5, 5.41) is 0. The summed E-state index contributed by atoms with van der Waals surface area (Å²) in [4.78, 5) is 30.5. The predicted molar refractivity (Wildman–Crippen MR) is 78.1 cm³/mol. The first-order valence-electron chi connectivity index (χ1n) is 7.29. The predicted octanol–water partition coefficient (Wildman–Crippen LogP) is 2.19. The number of carbonyl (C=O) groups excluding carboxylic acids is 1. The summed E-state index contributed by atoms with van der Waals surface area (Å²) < 4.78 is 0. The second-order valence-electron chi connectivity index (χ2n) is 5.57. The minimum absolute atomic E-state index is 0.00525. The van der Waals surface area contributed by atoms with Gasteiger partial charge in [0.05, 0.1) is 11.7 Å². The topological polar surface area (TPSA) is 74.8 Å². The van der Waals surface area contributed by atoms with Crippen molar-refractivity contribution in [1.29, 1.82) is 0 Å². The molecule has 2 aromatic rings. The van der Waals surface area contributed by atoms with Crippen LogP contribution in [0.5, 0.6) is 0 Å². The van der Waals surface area contributed by atoms with E-state index in [-0.39, 0.29) is 17.9 Å². The van der Waals surface area contributed by atoms with E-state index in [0.717, 1.165) is 30.8 Å². The van der Waals surface area contributed by atoms with Gasteiger partial charge >= 0.3 is 0 Å². The van der Waals surface area contributed by atoms with Crippen molar-refractivity contribution in [2.75, 3.05) is 6.54 Å². The number of amides is 1. The average Bonchev–Trinajstić information content (AvgIpc) is 3.17. The van der Waals surface area contributed by atoms with Crippen LogP contribution in [0.4, 0.5) is 0 Å². The van der Waals surface area contributed by atoms with Gasteiger partial charge in [-0.05, 0) is 12.8 Å². The summed E-state index contributed by atoms with van der Waals surface area (Å²) in [5.74, 6) is 0.866. The molecule has 1 unspecified atom stereocenters. The number of nitrogens with one attached hydrogen (secondary N) is 1. The molecule has 1 atom stereocenters. The maximum atomic E-state index is 12.4. The fourth-order valence-corrected chi connectivity index (χ4v) is 2.82. The molecule has 1 N–H and O–H groups in total. The molecule has 6 heteroatoms. The Morgan fingerprint density at radius 1 is 1.29 bits per heavy atom. The van der Waals surface area contributed by atoms with Crippen LogP contribution < -0.4 is 0 Å². The van der Waals surface area contributed by atoms with Crippen LogP contribution in [0, 0.1) is 5.92 Å². The summed E-state index contributed by atoms with van der Waals surface area (Å²) in [6.07, 6.45) is 8.71. The van der Waals surface area contributed by atoms with E-state index in [1.165, 1.54) is 0 Å². The molecule has 0 aliphatic carbocycles. The average molecular weight is 285 g/mol. The molecule has 3 heterocycles. The number of hydrogen-bond donors (Lipinski definition) is 1. The zero-order valence-electron chi connectivity index (χ0n) is 12.3. The van der Waals surface area contributed by atoms with E-state index in [0.29, 0.717) is 5.82 Å². The Morgan fingerprint density at radius 2 is 2.10 bits per heavy atom. The molecular weight excluding hydrogens is 266 g/mol. The number of carbonyl (C=O) groups is 1. The smallest absolute Gasteiger partial charge is 0.225 e. The highest BCUT2D eigenvalue weighted by atomic mass is 16.2. The van der Waals surface area contributed by atoms with Gasteiger partial charge in [0.25, 0.3) is 0 Å². The highest BCUT2D eigenvalue weighted by molar-refractivity contribution is 5.79. The zero-order chi connectivity index (χ0) is 14.8. The highest BCUT2D eigenvalue weighted by Crippen LogP contribution is 2.35. The lowest BCUT2D eigenvalue weighted by Crippen LogP contribution is -2.34. The van der Waals surface area contributed by atoms with Crippen LogP contribution in [0.3, 0.4) is 0 Å². The first-order chi connectivity index (χ1) is 10.2. The van der Waals surface area contributed by atoms with Crippen LogP contribution in [0.25, 0.3) is 11.5 Å². The van der Waals surface area contributed by atoms with E-state index >= 15 is 0 Å². The molecule has 0 aromatic carbocycles. The molecule has 0 bridgehead atoms. The highest BCUT2D eigenvalue weighted by Gasteiger charge is 2.34. The number of H-pyrrole nitrogens is 1. The Kier molecular flexibility index (Phi) is 3.68. The molecule has 0 spiro atoms. The standard InChI is InChI=1S/C15H19N5O/c1-10(2)15(21)20-9-3-4-11(20)12-13(17-6-5-16-12)14-18-7-8-19-14/h5-8,10-11H,3-4,9H2,1-2H3,(H,18,19). The van der Waals surface area contributed by atoms with Gasteiger partial charge in [-0.15, -0.1) is 0 Å². The van der Waals surface area contributed by atoms with Crippen molar-refractivity contribution in [2.45, 2.75) is 32.7 Å². The van der Waals surface area contributed by atoms with E-state index in [1.54, 1.807) is 24.8 Å². The largest absolute Gasteiger partial charge is 0.343 e. The van der Waals surface area contributed by atoms with E-state index in [1.807, 2.05) is 18.7 Å². The molecular formula is C15H19N5O. The van der Waals surface area contributed by atoms with E-state index in [2.05, 4.69) is 19.9 Å². The number of nitrogens with zero attached hydrogens (tertiary/aromatic N) is 4. The quantitative estimate of drug-likeness (QED) is 0.938. The van der Waals surface area contributed by atoms with Crippen LogP contribution in [0.1, 0.15) is 38.4 Å². The molecule has 21 heavy (non-hydrogen) atoms. The van der Waals surface area contributed by atoms with Gasteiger partial charge in [-0.25, -0.2) is 9.97 Å². The molecule has 1 aliphatic heterocycles. The molecule has 1 amide bonds. The van der Waals surface area contributed by atoms with Crippen LogP contribution in [-0.2, 0) is 4.79 Å². The summed E-state index contributed by atoms with van der Waals surface area (Å²) in [6.45, 7) is 4.65. The van der Waals surface area contributed by atoms with Crippen LogP contribution in [0.15, 0.2) is 24.8 Å².